The van der Waals surface area contributed by atoms with Gasteiger partial charge in [-0.25, -0.2) is 9.67 Å². The summed E-state index contributed by atoms with van der Waals surface area (Å²) in [6.07, 6.45) is 2.42. The number of aryl methyl sites for hydroxylation is 2. The van der Waals surface area contributed by atoms with E-state index in [1.54, 1.807) is 15.1 Å². The Morgan fingerprint density at radius 2 is 2.15 bits per heavy atom. The molecule has 0 fully saturated rings. The molecule has 7 nitrogen and oxygen atoms in total. The van der Waals surface area contributed by atoms with Crippen molar-refractivity contribution in [2.24, 2.45) is 0 Å². The molecular weight excluding hydrogens is 256 g/mol. The molecule has 7 heteroatoms. The Morgan fingerprint density at radius 3 is 2.95 bits per heavy atom. The molecule has 0 N–H and O–H groups in total. The fraction of sp³-hybridized carbons (Fsp3) is 0.308. The molecule has 0 atom stereocenters. The van der Waals surface area contributed by atoms with Gasteiger partial charge >= 0.3 is 0 Å². The number of hydrogen-bond acceptors (Lipinski definition) is 5. The van der Waals surface area contributed by atoms with E-state index in [-0.39, 0.29) is 5.56 Å². The third-order valence-corrected chi connectivity index (χ3v) is 3.13. The Morgan fingerprint density at radius 1 is 1.30 bits per heavy atom. The molecule has 0 saturated carbocycles. The first-order chi connectivity index (χ1) is 9.72. The predicted molar refractivity (Wildman–Crippen MR) is 73.3 cm³/mol. The van der Waals surface area contributed by atoms with Gasteiger partial charge in [0.15, 0.2) is 5.82 Å². The van der Waals surface area contributed by atoms with Crippen molar-refractivity contribution in [1.82, 2.24) is 29.6 Å². The first-order valence-corrected chi connectivity index (χ1v) is 6.46. The molecule has 3 heterocycles. The van der Waals surface area contributed by atoms with Crippen molar-refractivity contribution in [3.05, 3.63) is 40.4 Å². The summed E-state index contributed by atoms with van der Waals surface area (Å²) in [6.45, 7) is 4.56. The maximum atomic E-state index is 12.6. The normalized spacial score (nSPS) is 11.1. The van der Waals surface area contributed by atoms with Gasteiger partial charge in [-0.3, -0.25) is 9.20 Å². The minimum absolute atomic E-state index is 0.153. The quantitative estimate of drug-likeness (QED) is 0.711. The zero-order chi connectivity index (χ0) is 14.1. The van der Waals surface area contributed by atoms with Gasteiger partial charge in [0.05, 0.1) is 0 Å². The van der Waals surface area contributed by atoms with E-state index in [0.29, 0.717) is 23.6 Å². The lowest BCUT2D eigenvalue weighted by molar-refractivity contribution is 0.583. The summed E-state index contributed by atoms with van der Waals surface area (Å²) >= 11 is 0. The molecule has 0 aromatic carbocycles. The van der Waals surface area contributed by atoms with Gasteiger partial charge in [-0.1, -0.05) is 13.0 Å². The Bertz CT molecular complexity index is 819. The fourth-order valence-electron chi connectivity index (χ4n) is 2.19. The van der Waals surface area contributed by atoms with Crippen molar-refractivity contribution in [2.75, 3.05) is 0 Å². The van der Waals surface area contributed by atoms with Gasteiger partial charge < -0.3 is 0 Å². The maximum absolute atomic E-state index is 12.6. The highest BCUT2D eigenvalue weighted by Crippen LogP contribution is 2.12. The Labute approximate surface area is 114 Å². The maximum Gasteiger partial charge on any atom is 0.269 e. The molecule has 3 aromatic rings. The molecule has 3 aromatic heterocycles. The molecule has 3 rings (SSSR count). The molecular formula is C13H14N6O. The van der Waals surface area contributed by atoms with E-state index in [9.17, 15) is 4.79 Å². The number of hydrogen-bond donors (Lipinski definition) is 0. The molecule has 102 valence electrons. The zero-order valence-electron chi connectivity index (χ0n) is 11.3. The Kier molecular flexibility index (Phi) is 3.02. The van der Waals surface area contributed by atoms with Crippen molar-refractivity contribution < 1.29 is 0 Å². The van der Waals surface area contributed by atoms with Crippen LogP contribution in [0.3, 0.4) is 0 Å². The molecule has 0 bridgehead atoms. The summed E-state index contributed by atoms with van der Waals surface area (Å²) in [6, 6.07) is 5.54. The average Bonchev–Trinajstić information content (AvgIpc) is 2.88. The van der Waals surface area contributed by atoms with Crippen LogP contribution in [0.4, 0.5) is 0 Å². The Hall–Kier alpha value is -2.57. The second-order valence-electron chi connectivity index (χ2n) is 4.56. The van der Waals surface area contributed by atoms with Crippen LogP contribution in [-0.2, 0) is 6.54 Å². The third-order valence-electron chi connectivity index (χ3n) is 3.13. The largest absolute Gasteiger partial charge is 0.269 e. The fourth-order valence-corrected chi connectivity index (χ4v) is 2.19. The van der Waals surface area contributed by atoms with Gasteiger partial charge in [-0.15, -0.1) is 5.10 Å². The summed E-state index contributed by atoms with van der Waals surface area (Å²) in [5.74, 6) is 0.460. The van der Waals surface area contributed by atoms with Crippen LogP contribution in [0.15, 0.2) is 29.2 Å². The van der Waals surface area contributed by atoms with Gasteiger partial charge in [-0.05, 0) is 35.9 Å². The van der Waals surface area contributed by atoms with Crippen LogP contribution in [0.25, 0.3) is 17.0 Å². The highest BCUT2D eigenvalue weighted by molar-refractivity contribution is 5.55. The van der Waals surface area contributed by atoms with Gasteiger partial charge in [0, 0.05) is 18.4 Å². The van der Waals surface area contributed by atoms with Crippen molar-refractivity contribution >= 4 is 5.65 Å². The number of nitrogens with zero attached hydrogens (tertiary/aromatic N) is 6. The van der Waals surface area contributed by atoms with E-state index in [0.717, 1.165) is 12.1 Å². The van der Waals surface area contributed by atoms with Gasteiger partial charge in [0.2, 0.25) is 0 Å². The number of fused-ring (bicyclic) bond motifs is 1. The topological polar surface area (TPSA) is 78.0 Å². The summed E-state index contributed by atoms with van der Waals surface area (Å²) < 4.78 is 3.20. The number of tetrazole rings is 1. The van der Waals surface area contributed by atoms with E-state index in [2.05, 4.69) is 20.5 Å². The van der Waals surface area contributed by atoms with Crippen molar-refractivity contribution in [2.45, 2.75) is 26.8 Å². The van der Waals surface area contributed by atoms with Gasteiger partial charge in [0.1, 0.15) is 11.2 Å². The minimum Gasteiger partial charge on any atom is -0.268 e. The summed E-state index contributed by atoms with van der Waals surface area (Å²) in [7, 11) is 0. The van der Waals surface area contributed by atoms with Crippen LogP contribution in [0.5, 0.6) is 0 Å². The molecule has 0 radical (unpaired) electrons. The average molecular weight is 270 g/mol. The summed E-state index contributed by atoms with van der Waals surface area (Å²) in [5.41, 5.74) is 1.71. The molecule has 0 saturated heterocycles. The van der Waals surface area contributed by atoms with Crippen molar-refractivity contribution in [3.63, 3.8) is 0 Å². The van der Waals surface area contributed by atoms with Crippen molar-refractivity contribution in [1.29, 1.82) is 0 Å². The Balaban J connectivity index is 2.27. The predicted octanol–water partition coefficient (Wildman–Crippen LogP) is 1.07. The standard InChI is InChI=1S/C13H14N6O/c1-3-7-18-12(15-16-17-18)10-8-14-11-6-4-5-9(2)19(11)13(10)20/h4-6,8H,3,7H2,1-2H3. The van der Waals surface area contributed by atoms with Crippen LogP contribution in [0, 0.1) is 6.92 Å². The highest BCUT2D eigenvalue weighted by atomic mass is 16.1. The van der Waals surface area contributed by atoms with E-state index in [1.165, 1.54) is 6.20 Å². The first kappa shape index (κ1) is 12.5. The molecule has 0 spiro atoms. The summed E-state index contributed by atoms with van der Waals surface area (Å²) in [5, 5.41) is 11.5. The molecule has 0 amide bonds. The molecule has 0 aliphatic heterocycles. The number of aromatic nitrogens is 6. The first-order valence-electron chi connectivity index (χ1n) is 6.46. The van der Waals surface area contributed by atoms with Crippen LogP contribution >= 0.6 is 0 Å². The van der Waals surface area contributed by atoms with Gasteiger partial charge in [0.25, 0.3) is 5.56 Å². The molecule has 0 aliphatic rings. The highest BCUT2D eigenvalue weighted by Gasteiger charge is 2.15. The van der Waals surface area contributed by atoms with E-state index < -0.39 is 0 Å². The minimum atomic E-state index is -0.153. The van der Waals surface area contributed by atoms with E-state index in [4.69, 9.17) is 0 Å². The molecule has 0 unspecified atom stereocenters. The van der Waals surface area contributed by atoms with E-state index >= 15 is 0 Å². The van der Waals surface area contributed by atoms with Crippen LogP contribution in [0.1, 0.15) is 19.0 Å². The number of rotatable bonds is 3. The summed E-state index contributed by atoms with van der Waals surface area (Å²) in [4.78, 5) is 16.9. The zero-order valence-corrected chi connectivity index (χ0v) is 11.3. The van der Waals surface area contributed by atoms with Crippen LogP contribution in [0.2, 0.25) is 0 Å². The monoisotopic (exact) mass is 270 g/mol. The number of pyridine rings is 1. The lowest BCUT2D eigenvalue weighted by Gasteiger charge is -2.06. The van der Waals surface area contributed by atoms with E-state index in [1.807, 2.05) is 26.0 Å². The lowest BCUT2D eigenvalue weighted by Crippen LogP contribution is -2.20. The third kappa shape index (κ3) is 1.87. The van der Waals surface area contributed by atoms with Crippen molar-refractivity contribution in [3.8, 4) is 11.4 Å². The SMILES string of the molecule is CCCn1nnnc1-c1cnc2cccc(C)n2c1=O. The van der Waals surface area contributed by atoms with Crippen LogP contribution < -0.4 is 5.56 Å². The second kappa shape index (κ2) is 4.84. The van der Waals surface area contributed by atoms with Crippen LogP contribution in [-0.4, -0.2) is 29.6 Å². The molecule has 0 aliphatic carbocycles. The van der Waals surface area contributed by atoms with Gasteiger partial charge in [-0.2, -0.15) is 0 Å². The molecule has 20 heavy (non-hydrogen) atoms. The lowest BCUT2D eigenvalue weighted by atomic mass is 10.3. The smallest absolute Gasteiger partial charge is 0.268 e. The second-order valence-corrected chi connectivity index (χ2v) is 4.56.